The van der Waals surface area contributed by atoms with Gasteiger partial charge < -0.3 is 25.4 Å². The number of carbonyl (C=O) groups is 2. The Bertz CT molecular complexity index is 1080. The first-order valence-electron chi connectivity index (χ1n) is 10.3. The largest absolute Gasteiger partial charge is 0.508 e. The van der Waals surface area contributed by atoms with Crippen LogP contribution in [0.1, 0.15) is 12.0 Å². The smallest absolute Gasteiger partial charge is 0.332 e. The monoisotopic (exact) mass is 469 g/mol. The van der Waals surface area contributed by atoms with Gasteiger partial charge in [-0.2, -0.15) is 0 Å². The van der Waals surface area contributed by atoms with Gasteiger partial charge in [0, 0.05) is 17.5 Å². The fraction of sp³-hybridized carbons (Fsp3) is 0.200. The summed E-state index contributed by atoms with van der Waals surface area (Å²) in [4.78, 5) is 23.5. The fourth-order valence-electron chi connectivity index (χ4n) is 3.31. The third kappa shape index (κ3) is 7.52. The van der Waals surface area contributed by atoms with Gasteiger partial charge in [-0.3, -0.25) is 4.79 Å². The van der Waals surface area contributed by atoms with Gasteiger partial charge in [0.1, 0.15) is 11.5 Å². The fourth-order valence-corrected chi connectivity index (χ4v) is 3.50. The molecular formula is C25H24ClNO6. The molecule has 0 aliphatic heterocycles. The van der Waals surface area contributed by atoms with Crippen molar-refractivity contribution in [2.45, 2.75) is 25.0 Å². The maximum atomic E-state index is 12.4. The number of carboxylic acid groups (broad SMARTS) is 1. The molecule has 3 aromatic rings. The lowest BCUT2D eigenvalue weighted by atomic mass is 9.98. The number of amides is 1. The number of hydrogen-bond acceptors (Lipinski definition) is 5. The molecule has 0 fully saturated rings. The molecule has 0 bridgehead atoms. The van der Waals surface area contributed by atoms with Gasteiger partial charge in [0.15, 0.2) is 12.7 Å². The summed E-state index contributed by atoms with van der Waals surface area (Å²) in [6.07, 6.45) is -1.44. The van der Waals surface area contributed by atoms with Gasteiger partial charge in [0.2, 0.25) is 0 Å². The molecule has 33 heavy (non-hydrogen) atoms. The zero-order valence-corrected chi connectivity index (χ0v) is 18.4. The second-order valence-corrected chi connectivity index (χ2v) is 7.98. The highest BCUT2D eigenvalue weighted by Crippen LogP contribution is 2.23. The number of carbonyl (C=O) groups excluding carboxylic acids is 1. The van der Waals surface area contributed by atoms with Crippen LogP contribution in [0, 0.1) is 0 Å². The van der Waals surface area contributed by atoms with E-state index in [9.17, 15) is 19.8 Å². The Kier molecular flexibility index (Phi) is 8.29. The van der Waals surface area contributed by atoms with Gasteiger partial charge in [-0.25, -0.2) is 4.79 Å². The van der Waals surface area contributed by atoms with Crippen LogP contribution in [0.3, 0.4) is 0 Å². The molecule has 172 valence electrons. The van der Waals surface area contributed by atoms with E-state index in [4.69, 9.17) is 21.4 Å². The highest BCUT2D eigenvalue weighted by Gasteiger charge is 2.22. The van der Waals surface area contributed by atoms with Crippen molar-refractivity contribution in [2.24, 2.45) is 0 Å². The van der Waals surface area contributed by atoms with E-state index in [1.165, 1.54) is 24.3 Å². The molecule has 0 unspecified atom stereocenters. The third-order valence-electron chi connectivity index (χ3n) is 4.96. The zero-order chi connectivity index (χ0) is 23.8. The van der Waals surface area contributed by atoms with Crippen molar-refractivity contribution >= 4 is 23.5 Å². The van der Waals surface area contributed by atoms with Crippen LogP contribution in [0.15, 0.2) is 72.8 Å². The summed E-state index contributed by atoms with van der Waals surface area (Å²) in [5, 5.41) is 31.6. The highest BCUT2D eigenvalue weighted by atomic mass is 35.5. The molecule has 0 heterocycles. The van der Waals surface area contributed by atoms with Gasteiger partial charge in [-0.1, -0.05) is 48.0 Å². The summed E-state index contributed by atoms with van der Waals surface area (Å²) in [6, 6.07) is 20.4. The second kappa shape index (κ2) is 11.4. The first-order valence-corrected chi connectivity index (χ1v) is 10.6. The molecule has 2 atom stereocenters. The summed E-state index contributed by atoms with van der Waals surface area (Å²) in [5.41, 5.74) is 2.80. The molecule has 0 aliphatic rings. The van der Waals surface area contributed by atoms with Crippen LogP contribution in [0.5, 0.6) is 11.5 Å². The summed E-state index contributed by atoms with van der Waals surface area (Å²) in [5.74, 6) is -1.33. The number of carboxylic acids is 1. The van der Waals surface area contributed by atoms with Crippen LogP contribution in [0.25, 0.3) is 11.1 Å². The highest BCUT2D eigenvalue weighted by molar-refractivity contribution is 6.30. The number of aliphatic hydroxyl groups is 1. The Hall–Kier alpha value is -3.55. The molecule has 7 nitrogen and oxygen atoms in total. The van der Waals surface area contributed by atoms with E-state index in [0.717, 1.165) is 16.7 Å². The molecule has 8 heteroatoms. The second-order valence-electron chi connectivity index (χ2n) is 7.55. The molecule has 0 saturated carbocycles. The van der Waals surface area contributed by atoms with Gasteiger partial charge in [0.25, 0.3) is 5.91 Å². The lowest BCUT2D eigenvalue weighted by Gasteiger charge is -2.21. The van der Waals surface area contributed by atoms with E-state index < -0.39 is 24.0 Å². The van der Waals surface area contributed by atoms with Crippen LogP contribution in [-0.4, -0.2) is 45.9 Å². The molecule has 3 rings (SSSR count). The number of aliphatic hydroxyl groups excluding tert-OH is 1. The summed E-state index contributed by atoms with van der Waals surface area (Å²) >= 11 is 6.06. The number of aliphatic carboxylic acids is 1. The molecule has 0 radical (unpaired) electrons. The number of aromatic hydroxyl groups is 1. The van der Waals surface area contributed by atoms with Gasteiger partial charge in [-0.05, 0) is 59.5 Å². The van der Waals surface area contributed by atoms with E-state index in [-0.39, 0.29) is 18.8 Å². The average molecular weight is 470 g/mol. The predicted molar refractivity (Wildman–Crippen MR) is 124 cm³/mol. The quantitative estimate of drug-likeness (QED) is 0.360. The summed E-state index contributed by atoms with van der Waals surface area (Å²) in [6.45, 7) is -0.294. The van der Waals surface area contributed by atoms with Crippen LogP contribution in [-0.2, 0) is 16.0 Å². The van der Waals surface area contributed by atoms with Crippen molar-refractivity contribution in [2.75, 3.05) is 6.61 Å². The molecule has 0 saturated heterocycles. The van der Waals surface area contributed by atoms with Gasteiger partial charge in [0.05, 0.1) is 0 Å². The Morgan fingerprint density at radius 1 is 0.970 bits per heavy atom. The zero-order valence-electron chi connectivity index (χ0n) is 17.6. The normalized spacial score (nSPS) is 12.5. The predicted octanol–water partition coefficient (Wildman–Crippen LogP) is 3.65. The van der Waals surface area contributed by atoms with Crippen LogP contribution >= 0.6 is 11.6 Å². The number of benzene rings is 3. The number of ether oxygens (including phenoxy) is 1. The van der Waals surface area contributed by atoms with Gasteiger partial charge >= 0.3 is 5.97 Å². The minimum Gasteiger partial charge on any atom is -0.508 e. The van der Waals surface area contributed by atoms with Crippen molar-refractivity contribution in [3.8, 4) is 22.6 Å². The van der Waals surface area contributed by atoms with Crippen molar-refractivity contribution in [1.29, 1.82) is 0 Å². The molecule has 4 N–H and O–H groups in total. The number of halogens is 1. The molecule has 0 aromatic heterocycles. The number of rotatable bonds is 10. The Labute approximate surface area is 196 Å². The van der Waals surface area contributed by atoms with Crippen LogP contribution in [0.2, 0.25) is 5.02 Å². The van der Waals surface area contributed by atoms with Crippen LogP contribution < -0.4 is 10.1 Å². The number of nitrogens with one attached hydrogen (secondary N) is 1. The van der Waals surface area contributed by atoms with E-state index >= 15 is 0 Å². The molecule has 3 aromatic carbocycles. The minimum absolute atomic E-state index is 0.0795. The van der Waals surface area contributed by atoms with Crippen molar-refractivity contribution in [1.82, 2.24) is 5.32 Å². The van der Waals surface area contributed by atoms with E-state index in [1.54, 1.807) is 6.07 Å². The molecule has 1 amide bonds. The Balaban J connectivity index is 1.64. The molecule has 0 spiro atoms. The van der Waals surface area contributed by atoms with Crippen molar-refractivity contribution in [3.05, 3.63) is 83.4 Å². The van der Waals surface area contributed by atoms with Gasteiger partial charge in [-0.15, -0.1) is 0 Å². The first kappa shape index (κ1) is 24.1. The maximum absolute atomic E-state index is 12.4. The Morgan fingerprint density at radius 2 is 1.67 bits per heavy atom. The van der Waals surface area contributed by atoms with Crippen LogP contribution in [0.4, 0.5) is 0 Å². The first-order chi connectivity index (χ1) is 15.8. The number of hydrogen-bond donors (Lipinski definition) is 4. The average Bonchev–Trinajstić information content (AvgIpc) is 2.79. The number of phenolic OH excluding ortho intramolecular Hbond substituents is 1. The molecular weight excluding hydrogens is 446 g/mol. The number of phenols is 1. The SMILES string of the molecule is O=C(COc1ccc(O)cc1)N[C@H](Cc1ccc(-c2cccc(Cl)c2)cc1)C[C@@H](O)C(=O)O. The minimum atomic E-state index is -1.61. The van der Waals surface area contributed by atoms with Crippen molar-refractivity contribution < 1.29 is 29.6 Å². The third-order valence-corrected chi connectivity index (χ3v) is 5.19. The van der Waals surface area contributed by atoms with E-state index in [0.29, 0.717) is 17.2 Å². The van der Waals surface area contributed by atoms with E-state index in [2.05, 4.69) is 5.32 Å². The lowest BCUT2D eigenvalue weighted by Crippen LogP contribution is -2.42. The topological polar surface area (TPSA) is 116 Å². The lowest BCUT2D eigenvalue weighted by molar-refractivity contribution is -0.147. The standard InChI is InChI=1S/C25H24ClNO6/c26-19-3-1-2-18(13-19)17-6-4-16(5-7-17)12-20(14-23(29)25(31)32)27-24(30)15-33-22-10-8-21(28)9-11-22/h1-11,13,20,23,28-29H,12,14-15H2,(H,27,30)(H,31,32)/t20-,23-/m1/s1. The summed E-state index contributed by atoms with van der Waals surface area (Å²) in [7, 11) is 0. The Morgan fingerprint density at radius 3 is 2.30 bits per heavy atom. The summed E-state index contributed by atoms with van der Waals surface area (Å²) < 4.78 is 5.39. The maximum Gasteiger partial charge on any atom is 0.332 e. The molecule has 0 aliphatic carbocycles. The van der Waals surface area contributed by atoms with Crippen molar-refractivity contribution in [3.63, 3.8) is 0 Å². The van der Waals surface area contributed by atoms with E-state index in [1.807, 2.05) is 42.5 Å².